The molecule has 4 fully saturated rings. The topological polar surface area (TPSA) is 87.5 Å². The normalized spacial score (nSPS) is 35.6. The van der Waals surface area contributed by atoms with Crippen LogP contribution in [0.4, 0.5) is 0 Å². The minimum Gasteiger partial charge on any atom is -0.412 e. The van der Waals surface area contributed by atoms with Crippen LogP contribution in [-0.4, -0.2) is 66.7 Å². The zero-order valence-electron chi connectivity index (χ0n) is 23.7. The molecule has 3 aliphatic carbocycles. The Morgan fingerprint density at radius 1 is 0.778 bits per heavy atom. The van der Waals surface area contributed by atoms with E-state index in [1.807, 2.05) is 7.11 Å². The molecule has 3 saturated carbocycles. The molecule has 0 aromatic rings. The zero-order chi connectivity index (χ0) is 23.9. The first-order chi connectivity index (χ1) is 16.5. The van der Waals surface area contributed by atoms with Crippen molar-refractivity contribution in [3.8, 4) is 0 Å². The third-order valence-corrected chi connectivity index (χ3v) is 10.9. The summed E-state index contributed by atoms with van der Waals surface area (Å²) >= 11 is 6.36. The van der Waals surface area contributed by atoms with E-state index in [0.717, 1.165) is 29.6 Å². The van der Waals surface area contributed by atoms with Crippen LogP contribution in [0.2, 0.25) is 0 Å². The smallest absolute Gasteiger partial charge is 0.0571 e. The van der Waals surface area contributed by atoms with Gasteiger partial charge in [-0.2, -0.15) is 0 Å². The maximum atomic E-state index is 6.36. The van der Waals surface area contributed by atoms with Crippen LogP contribution in [0, 0.1) is 35.5 Å². The molecule has 0 spiro atoms. The molecule has 0 bridgehead atoms. The predicted molar refractivity (Wildman–Crippen MR) is 153 cm³/mol. The number of rotatable bonds is 9. The van der Waals surface area contributed by atoms with E-state index >= 15 is 0 Å². The number of nitrogens with one attached hydrogen (secondary N) is 1. The predicted octanol–water partition coefficient (Wildman–Crippen LogP) is 5.47. The molecule has 1 heterocycles. The average molecular weight is 531 g/mol. The fraction of sp³-hybridized carbons (Fsp3) is 1.00. The summed E-state index contributed by atoms with van der Waals surface area (Å²) in [6, 6.07) is 0.640. The van der Waals surface area contributed by atoms with Crippen LogP contribution in [0.1, 0.15) is 104 Å². The Labute approximate surface area is 227 Å². The molecule has 5 nitrogen and oxygen atoms in total. The van der Waals surface area contributed by atoms with Gasteiger partial charge in [0, 0.05) is 25.1 Å². The molecule has 0 radical (unpaired) electrons. The molecule has 4 rings (SSSR count). The first-order valence-corrected chi connectivity index (χ1v) is 15.6. The molecule has 2 unspecified atom stereocenters. The first kappa shape index (κ1) is 32.3. The van der Waals surface area contributed by atoms with Gasteiger partial charge in [0.2, 0.25) is 0 Å². The molecular weight excluding hydrogens is 472 g/mol. The number of alkyl halides is 1. The highest BCUT2D eigenvalue weighted by molar-refractivity contribution is 6.20. The molecule has 36 heavy (non-hydrogen) atoms. The number of methoxy groups -OCH3 is 1. The van der Waals surface area contributed by atoms with Gasteiger partial charge in [-0.3, -0.25) is 0 Å². The first-order valence-electron chi connectivity index (χ1n) is 15.1. The Morgan fingerprint density at radius 2 is 1.36 bits per heavy atom. The molecule has 214 valence electrons. The molecular formula is C30H59ClN2O3. The van der Waals surface area contributed by atoms with E-state index in [2.05, 4.69) is 24.1 Å². The zero-order valence-corrected chi connectivity index (χ0v) is 24.4. The largest absolute Gasteiger partial charge is 0.412 e. The van der Waals surface area contributed by atoms with Crippen molar-refractivity contribution in [2.24, 2.45) is 35.5 Å². The van der Waals surface area contributed by atoms with Crippen molar-refractivity contribution < 1.29 is 15.7 Å². The third-order valence-electron chi connectivity index (χ3n) is 10.5. The molecule has 0 amide bonds. The molecule has 3 atom stereocenters. The third kappa shape index (κ3) is 9.38. The number of piperidine rings is 1. The molecule has 4 aliphatic rings. The van der Waals surface area contributed by atoms with Gasteiger partial charge in [-0.05, 0) is 132 Å². The number of hydrogen-bond donors (Lipinski definition) is 1. The van der Waals surface area contributed by atoms with Crippen molar-refractivity contribution in [3.05, 3.63) is 0 Å². The summed E-state index contributed by atoms with van der Waals surface area (Å²) in [5.74, 6) is 5.46. The Hall–Kier alpha value is 0.0900. The number of hydrogen-bond acceptors (Lipinski definition) is 3. The van der Waals surface area contributed by atoms with Crippen LogP contribution in [0.15, 0.2) is 0 Å². The van der Waals surface area contributed by atoms with Gasteiger partial charge in [0.05, 0.1) is 6.10 Å². The van der Waals surface area contributed by atoms with Crippen molar-refractivity contribution >= 4 is 11.6 Å². The number of likely N-dealkylation sites (tertiary alicyclic amines) is 1. The SMILES string of the molecule is COC1CCC(C2CCCC(CN[C@@H](CN3CCC(C4CCC(Cl)CC4)CC3)C(C)C)C2)CC1.O.O. The lowest BCUT2D eigenvalue weighted by Crippen LogP contribution is -2.48. The fourth-order valence-corrected chi connectivity index (χ4v) is 8.26. The van der Waals surface area contributed by atoms with Crippen molar-refractivity contribution in [2.75, 3.05) is 33.3 Å². The monoisotopic (exact) mass is 530 g/mol. The summed E-state index contributed by atoms with van der Waals surface area (Å²) in [4.78, 5) is 2.78. The number of ether oxygens (including phenoxy) is 1. The van der Waals surface area contributed by atoms with E-state index in [4.69, 9.17) is 16.3 Å². The van der Waals surface area contributed by atoms with Crippen LogP contribution < -0.4 is 5.32 Å². The van der Waals surface area contributed by atoms with Gasteiger partial charge in [-0.15, -0.1) is 11.6 Å². The molecule has 0 aromatic carbocycles. The highest BCUT2D eigenvalue weighted by Gasteiger charge is 2.33. The summed E-state index contributed by atoms with van der Waals surface area (Å²) in [6.45, 7) is 9.96. The lowest BCUT2D eigenvalue weighted by molar-refractivity contribution is 0.0378. The summed E-state index contributed by atoms with van der Waals surface area (Å²) in [5.41, 5.74) is 0. The van der Waals surface area contributed by atoms with Gasteiger partial charge < -0.3 is 25.9 Å². The summed E-state index contributed by atoms with van der Waals surface area (Å²) in [7, 11) is 1.90. The van der Waals surface area contributed by atoms with E-state index < -0.39 is 0 Å². The second kappa shape index (κ2) is 16.3. The van der Waals surface area contributed by atoms with E-state index in [-0.39, 0.29) is 11.0 Å². The van der Waals surface area contributed by atoms with Crippen molar-refractivity contribution in [3.63, 3.8) is 0 Å². The van der Waals surface area contributed by atoms with Crippen molar-refractivity contribution in [1.29, 1.82) is 0 Å². The second-order valence-corrected chi connectivity index (χ2v) is 13.6. The Morgan fingerprint density at radius 3 is 1.97 bits per heavy atom. The molecule has 0 aromatic heterocycles. The summed E-state index contributed by atoms with van der Waals surface area (Å²) in [6.07, 6.45) is 19.9. The van der Waals surface area contributed by atoms with E-state index in [0.29, 0.717) is 23.4 Å². The number of nitrogens with zero attached hydrogens (tertiary/aromatic N) is 1. The summed E-state index contributed by atoms with van der Waals surface area (Å²) < 4.78 is 5.62. The quantitative estimate of drug-likeness (QED) is 0.401. The summed E-state index contributed by atoms with van der Waals surface area (Å²) in [5, 5.41) is 4.54. The standard InChI is InChI=1S/C30H55ClN2O.2H2O/c1-22(2)30(21-33-17-15-26(16-18-33)24-7-11-28(31)12-8-24)32-20-23-5-4-6-27(19-23)25-9-13-29(34-3)14-10-25;;/h22-30,32H,4-21H2,1-3H3;2*1H2/t23?,24?,25?,27?,28?,29?,30-;;/m0../s1. The highest BCUT2D eigenvalue weighted by atomic mass is 35.5. The Balaban J connectivity index is 0.00000228. The van der Waals surface area contributed by atoms with Crippen LogP contribution in [0.3, 0.4) is 0 Å². The van der Waals surface area contributed by atoms with Crippen LogP contribution in [0.5, 0.6) is 0 Å². The van der Waals surface area contributed by atoms with Crippen LogP contribution >= 0.6 is 11.6 Å². The van der Waals surface area contributed by atoms with E-state index in [1.54, 1.807) is 0 Å². The second-order valence-electron chi connectivity index (χ2n) is 13.0. The molecule has 6 heteroatoms. The lowest BCUT2D eigenvalue weighted by atomic mass is 9.70. The lowest BCUT2D eigenvalue weighted by Gasteiger charge is -2.41. The Bertz CT molecular complexity index is 571. The van der Waals surface area contributed by atoms with Gasteiger partial charge in [-0.25, -0.2) is 0 Å². The van der Waals surface area contributed by atoms with Crippen LogP contribution in [0.25, 0.3) is 0 Å². The van der Waals surface area contributed by atoms with Gasteiger partial charge >= 0.3 is 0 Å². The fourth-order valence-electron chi connectivity index (χ4n) is 8.01. The molecule has 1 aliphatic heterocycles. The molecule has 1 saturated heterocycles. The van der Waals surface area contributed by atoms with Gasteiger partial charge in [0.25, 0.3) is 0 Å². The van der Waals surface area contributed by atoms with Gasteiger partial charge in [0.1, 0.15) is 0 Å². The Kier molecular flexibility index (Phi) is 14.6. The average Bonchev–Trinajstić information content (AvgIpc) is 2.87. The highest BCUT2D eigenvalue weighted by Crippen LogP contribution is 2.41. The van der Waals surface area contributed by atoms with E-state index in [9.17, 15) is 0 Å². The number of halogens is 1. The minimum absolute atomic E-state index is 0. The minimum atomic E-state index is 0. The van der Waals surface area contributed by atoms with Crippen molar-refractivity contribution in [1.82, 2.24) is 10.2 Å². The van der Waals surface area contributed by atoms with Crippen molar-refractivity contribution in [2.45, 2.75) is 121 Å². The maximum absolute atomic E-state index is 6.36. The maximum Gasteiger partial charge on any atom is 0.0571 e. The molecule has 5 N–H and O–H groups in total. The van der Waals surface area contributed by atoms with Gasteiger partial charge in [0.15, 0.2) is 0 Å². The van der Waals surface area contributed by atoms with Crippen LogP contribution in [-0.2, 0) is 4.74 Å². The van der Waals surface area contributed by atoms with Gasteiger partial charge in [-0.1, -0.05) is 26.7 Å². The van der Waals surface area contributed by atoms with E-state index in [1.165, 1.54) is 116 Å².